The predicted molar refractivity (Wildman–Crippen MR) is 128 cm³/mol. The van der Waals surface area contributed by atoms with Crippen LogP contribution in [0, 0.1) is 18.3 Å². The Morgan fingerprint density at radius 3 is 2.53 bits per heavy atom. The summed E-state index contributed by atoms with van der Waals surface area (Å²) in [6, 6.07) is 13.4. The first-order chi connectivity index (χ1) is 17.2. The highest BCUT2D eigenvalue weighted by atomic mass is 19.4. The van der Waals surface area contributed by atoms with Gasteiger partial charge in [0.1, 0.15) is 29.1 Å². The summed E-state index contributed by atoms with van der Waals surface area (Å²) in [5, 5.41) is 9.22. The van der Waals surface area contributed by atoms with Gasteiger partial charge >= 0.3 is 6.18 Å². The zero-order valence-corrected chi connectivity index (χ0v) is 19.1. The number of aryl methyl sites for hydroxylation is 1. The van der Waals surface area contributed by atoms with Crippen LogP contribution >= 0.6 is 0 Å². The van der Waals surface area contributed by atoms with E-state index >= 15 is 0 Å². The van der Waals surface area contributed by atoms with Gasteiger partial charge in [-0.3, -0.25) is 9.36 Å². The minimum absolute atomic E-state index is 0.0346. The van der Waals surface area contributed by atoms with Crippen molar-refractivity contribution in [2.45, 2.75) is 32.0 Å². The third-order valence-corrected chi connectivity index (χ3v) is 6.21. The first kappa shape index (κ1) is 23.3. The molecule has 2 N–H and O–H groups in total. The van der Waals surface area contributed by atoms with E-state index in [1.54, 1.807) is 37.3 Å². The summed E-state index contributed by atoms with van der Waals surface area (Å²) in [6.45, 7) is 2.14. The fourth-order valence-corrected chi connectivity index (χ4v) is 4.72. The second kappa shape index (κ2) is 8.64. The molecule has 4 aromatic rings. The predicted octanol–water partition coefficient (Wildman–Crippen LogP) is 4.30. The van der Waals surface area contributed by atoms with E-state index in [1.165, 1.54) is 16.7 Å². The lowest BCUT2D eigenvalue weighted by Crippen LogP contribution is -2.33. The van der Waals surface area contributed by atoms with Crippen LogP contribution in [0.2, 0.25) is 0 Å². The SMILES string of the molecule is Cc1nc(N)c(C#N)c(N2CCC[C@H]2c2nc3cccc(C(F)(F)F)c3c(=O)n2-c2ccccc2)n1. The Hall–Kier alpha value is -4.46. The number of anilines is 2. The third-order valence-electron chi connectivity index (χ3n) is 6.21. The maximum Gasteiger partial charge on any atom is 0.417 e. The topological polar surface area (TPSA) is 114 Å². The quantitative estimate of drug-likeness (QED) is 0.455. The fraction of sp³-hybridized carbons (Fsp3) is 0.240. The maximum atomic E-state index is 13.8. The molecule has 0 saturated carbocycles. The summed E-state index contributed by atoms with van der Waals surface area (Å²) in [6.07, 6.45) is -3.51. The zero-order chi connectivity index (χ0) is 25.6. The largest absolute Gasteiger partial charge is 0.417 e. The summed E-state index contributed by atoms with van der Waals surface area (Å²) >= 11 is 0. The van der Waals surface area contributed by atoms with Crippen molar-refractivity contribution >= 4 is 22.5 Å². The second-order valence-electron chi connectivity index (χ2n) is 8.46. The first-order valence-corrected chi connectivity index (χ1v) is 11.2. The van der Waals surface area contributed by atoms with Gasteiger partial charge in [-0.1, -0.05) is 24.3 Å². The number of halogens is 3. The van der Waals surface area contributed by atoms with E-state index in [0.29, 0.717) is 36.7 Å². The Morgan fingerprint density at radius 2 is 1.83 bits per heavy atom. The smallest absolute Gasteiger partial charge is 0.382 e. The molecule has 0 unspecified atom stereocenters. The summed E-state index contributed by atoms with van der Waals surface area (Å²) in [5.41, 5.74) is 4.55. The van der Waals surface area contributed by atoms with Gasteiger partial charge in [0.2, 0.25) is 0 Å². The number of benzene rings is 2. The molecule has 0 aliphatic carbocycles. The minimum Gasteiger partial charge on any atom is -0.382 e. The van der Waals surface area contributed by atoms with E-state index in [-0.39, 0.29) is 22.7 Å². The number of fused-ring (bicyclic) bond motifs is 1. The van der Waals surface area contributed by atoms with Crippen molar-refractivity contribution in [3.63, 3.8) is 0 Å². The third kappa shape index (κ3) is 3.80. The number of para-hydroxylation sites is 1. The van der Waals surface area contributed by atoms with Crippen LogP contribution in [0.15, 0.2) is 53.3 Å². The highest BCUT2D eigenvalue weighted by Crippen LogP contribution is 2.39. The van der Waals surface area contributed by atoms with Crippen LogP contribution in [-0.4, -0.2) is 26.1 Å². The number of nitrogens with zero attached hydrogens (tertiary/aromatic N) is 6. The number of nitriles is 1. The number of hydrogen-bond acceptors (Lipinski definition) is 7. The van der Waals surface area contributed by atoms with Crippen LogP contribution in [0.25, 0.3) is 16.6 Å². The lowest BCUT2D eigenvalue weighted by atomic mass is 10.1. The van der Waals surface area contributed by atoms with Crippen LogP contribution in [0.5, 0.6) is 0 Å². The molecule has 1 fully saturated rings. The average molecular weight is 491 g/mol. The lowest BCUT2D eigenvalue weighted by Gasteiger charge is -2.28. The van der Waals surface area contributed by atoms with Crippen molar-refractivity contribution in [3.05, 3.63) is 81.7 Å². The van der Waals surface area contributed by atoms with Gasteiger partial charge in [0, 0.05) is 6.54 Å². The van der Waals surface area contributed by atoms with Gasteiger partial charge in [-0.05, 0) is 44.0 Å². The Kier molecular flexibility index (Phi) is 5.59. The normalized spacial score (nSPS) is 15.9. The molecular formula is C25H20F3N7O. The van der Waals surface area contributed by atoms with Gasteiger partial charge in [-0.2, -0.15) is 18.4 Å². The summed E-state index contributed by atoms with van der Waals surface area (Å²) in [5.74, 6) is 0.971. The number of hydrogen-bond donors (Lipinski definition) is 1. The van der Waals surface area contributed by atoms with Gasteiger partial charge < -0.3 is 10.6 Å². The van der Waals surface area contributed by atoms with Gasteiger partial charge in [0.25, 0.3) is 5.56 Å². The maximum absolute atomic E-state index is 13.8. The molecule has 182 valence electrons. The molecule has 2 aromatic heterocycles. The molecule has 0 radical (unpaired) electrons. The van der Waals surface area contributed by atoms with E-state index in [9.17, 15) is 23.2 Å². The van der Waals surface area contributed by atoms with Crippen LogP contribution < -0.4 is 16.2 Å². The molecule has 11 heteroatoms. The molecule has 5 rings (SSSR count). The van der Waals surface area contributed by atoms with Crippen LogP contribution in [0.4, 0.5) is 24.8 Å². The Bertz CT molecular complexity index is 1580. The Morgan fingerprint density at radius 1 is 1.08 bits per heavy atom. The zero-order valence-electron chi connectivity index (χ0n) is 19.1. The van der Waals surface area contributed by atoms with Crippen molar-refractivity contribution in [1.82, 2.24) is 19.5 Å². The van der Waals surface area contributed by atoms with Crippen molar-refractivity contribution in [2.24, 2.45) is 0 Å². The highest BCUT2D eigenvalue weighted by molar-refractivity contribution is 5.82. The molecular weight excluding hydrogens is 471 g/mol. The minimum atomic E-state index is -4.73. The molecule has 0 bridgehead atoms. The summed E-state index contributed by atoms with van der Waals surface area (Å²) < 4.78 is 42.7. The van der Waals surface area contributed by atoms with Crippen LogP contribution in [0.1, 0.15) is 41.7 Å². The standard InChI is InChI=1S/C25H20F3N7O/c1-14-31-21(30)16(13-29)22(32-14)34-12-6-11-19(34)23-33-18-10-5-9-17(25(26,27)28)20(18)24(36)35(23)15-7-3-2-4-8-15/h2-5,7-10,19H,6,11-12H2,1H3,(H2,30,31,32)/t19-/m0/s1. The Labute approximate surface area is 203 Å². The number of nitrogens with two attached hydrogens (primary N) is 1. The lowest BCUT2D eigenvalue weighted by molar-refractivity contribution is -0.136. The van der Waals surface area contributed by atoms with Gasteiger partial charge in [-0.25, -0.2) is 15.0 Å². The van der Waals surface area contributed by atoms with E-state index in [4.69, 9.17) is 5.73 Å². The molecule has 36 heavy (non-hydrogen) atoms. The van der Waals surface area contributed by atoms with E-state index in [1.807, 2.05) is 11.0 Å². The van der Waals surface area contributed by atoms with Crippen molar-refractivity contribution in [2.75, 3.05) is 17.2 Å². The molecule has 1 aliphatic rings. The molecule has 8 nitrogen and oxygen atoms in total. The highest BCUT2D eigenvalue weighted by Gasteiger charge is 2.37. The Balaban J connectivity index is 1.81. The monoisotopic (exact) mass is 491 g/mol. The molecule has 1 aliphatic heterocycles. The second-order valence-corrected chi connectivity index (χ2v) is 8.46. The number of alkyl halides is 3. The van der Waals surface area contributed by atoms with E-state index in [0.717, 1.165) is 6.07 Å². The van der Waals surface area contributed by atoms with E-state index < -0.39 is 28.7 Å². The van der Waals surface area contributed by atoms with Gasteiger partial charge in [-0.15, -0.1) is 0 Å². The number of rotatable bonds is 3. The summed E-state index contributed by atoms with van der Waals surface area (Å²) in [4.78, 5) is 28.7. The fourth-order valence-electron chi connectivity index (χ4n) is 4.72. The molecule has 1 atom stereocenters. The van der Waals surface area contributed by atoms with Gasteiger partial charge in [0.15, 0.2) is 5.82 Å². The molecule has 3 heterocycles. The van der Waals surface area contributed by atoms with Crippen LogP contribution in [-0.2, 0) is 6.18 Å². The molecule has 0 spiro atoms. The number of nitrogen functional groups attached to an aromatic ring is 1. The van der Waals surface area contributed by atoms with Crippen molar-refractivity contribution in [1.29, 1.82) is 5.26 Å². The average Bonchev–Trinajstić information content (AvgIpc) is 3.33. The van der Waals surface area contributed by atoms with Gasteiger partial charge in [0.05, 0.1) is 28.2 Å². The molecule has 1 saturated heterocycles. The first-order valence-electron chi connectivity index (χ1n) is 11.2. The van der Waals surface area contributed by atoms with Crippen LogP contribution in [0.3, 0.4) is 0 Å². The molecule has 0 amide bonds. The van der Waals surface area contributed by atoms with Crippen molar-refractivity contribution in [3.8, 4) is 11.8 Å². The summed E-state index contributed by atoms with van der Waals surface area (Å²) in [7, 11) is 0. The van der Waals surface area contributed by atoms with Crippen molar-refractivity contribution < 1.29 is 13.2 Å². The van der Waals surface area contributed by atoms with E-state index in [2.05, 4.69) is 15.0 Å². The molecule has 2 aromatic carbocycles. The number of aromatic nitrogens is 4.